The molecular weight excluding hydrogens is 215 g/mol. The molecule has 0 aliphatic heterocycles. The Morgan fingerprint density at radius 2 is 2.45 bits per heavy atom. The van der Waals surface area contributed by atoms with Crippen molar-refractivity contribution in [1.29, 1.82) is 0 Å². The van der Waals surface area contributed by atoms with Crippen LogP contribution in [-0.2, 0) is 0 Å². The molecule has 0 fully saturated rings. The van der Waals surface area contributed by atoms with Gasteiger partial charge in [-0.2, -0.15) is 0 Å². The summed E-state index contributed by atoms with van der Waals surface area (Å²) in [5, 5.41) is 3.20. The summed E-state index contributed by atoms with van der Waals surface area (Å²) in [5.41, 5.74) is 8.17. The van der Waals surface area contributed by atoms with Gasteiger partial charge in [-0.15, -0.1) is 0 Å². The highest BCUT2D eigenvalue weighted by molar-refractivity contribution is 9.10. The fourth-order valence-electron chi connectivity index (χ4n) is 0.530. The lowest BCUT2D eigenvalue weighted by Crippen LogP contribution is -1.78. The summed E-state index contributed by atoms with van der Waals surface area (Å²) in [5.74, 6) is -0.532. The highest BCUT2D eigenvalue weighted by Gasteiger charge is 1.99. The molecule has 1 rings (SSSR count). The molecular formula is C5H2BrFN4. The molecule has 4 nitrogen and oxygen atoms in total. The molecule has 6 heteroatoms. The number of rotatable bonds is 1. The SMILES string of the molecule is [N-]=[N+]=Nc1cc(F)cnc1Br. The van der Waals surface area contributed by atoms with Crippen molar-refractivity contribution in [3.63, 3.8) is 0 Å². The van der Waals surface area contributed by atoms with Gasteiger partial charge in [0, 0.05) is 4.91 Å². The van der Waals surface area contributed by atoms with Crippen LogP contribution in [0.5, 0.6) is 0 Å². The summed E-state index contributed by atoms with van der Waals surface area (Å²) in [4.78, 5) is 6.07. The molecule has 0 atom stereocenters. The minimum atomic E-state index is -0.532. The second kappa shape index (κ2) is 3.32. The lowest BCUT2D eigenvalue weighted by molar-refractivity contribution is 0.621. The van der Waals surface area contributed by atoms with Gasteiger partial charge in [0.2, 0.25) is 0 Å². The third-order valence-electron chi connectivity index (χ3n) is 0.940. The van der Waals surface area contributed by atoms with Crippen LogP contribution >= 0.6 is 15.9 Å². The van der Waals surface area contributed by atoms with Gasteiger partial charge in [-0.3, -0.25) is 0 Å². The summed E-state index contributed by atoms with van der Waals surface area (Å²) in [6.45, 7) is 0. The molecule has 0 N–H and O–H groups in total. The Kier molecular flexibility index (Phi) is 2.40. The van der Waals surface area contributed by atoms with Crippen molar-refractivity contribution in [1.82, 2.24) is 4.98 Å². The fraction of sp³-hybridized carbons (Fsp3) is 0. The first-order valence-electron chi connectivity index (χ1n) is 2.60. The van der Waals surface area contributed by atoms with Crippen LogP contribution in [0.2, 0.25) is 0 Å². The number of aromatic nitrogens is 1. The van der Waals surface area contributed by atoms with Gasteiger partial charge < -0.3 is 0 Å². The molecule has 0 saturated carbocycles. The van der Waals surface area contributed by atoms with Gasteiger partial charge >= 0.3 is 0 Å². The molecule has 1 heterocycles. The van der Waals surface area contributed by atoms with Crippen LogP contribution in [0.15, 0.2) is 22.0 Å². The van der Waals surface area contributed by atoms with Crippen LogP contribution < -0.4 is 0 Å². The molecule has 0 unspecified atom stereocenters. The maximum Gasteiger partial charge on any atom is 0.142 e. The number of halogens is 2. The van der Waals surface area contributed by atoms with E-state index in [0.29, 0.717) is 4.60 Å². The Balaban J connectivity index is 3.22. The molecule has 0 aliphatic rings. The summed E-state index contributed by atoms with van der Waals surface area (Å²) >= 11 is 2.99. The third-order valence-corrected chi connectivity index (χ3v) is 1.55. The van der Waals surface area contributed by atoms with Gasteiger partial charge in [0.05, 0.1) is 11.9 Å². The monoisotopic (exact) mass is 216 g/mol. The summed E-state index contributed by atoms with van der Waals surface area (Å²) < 4.78 is 12.7. The highest BCUT2D eigenvalue weighted by atomic mass is 79.9. The zero-order chi connectivity index (χ0) is 8.27. The van der Waals surface area contributed by atoms with Gasteiger partial charge in [0.15, 0.2) is 0 Å². The fourth-order valence-corrected chi connectivity index (χ4v) is 0.826. The first-order valence-corrected chi connectivity index (χ1v) is 3.39. The van der Waals surface area contributed by atoms with Crippen molar-refractivity contribution < 1.29 is 4.39 Å². The van der Waals surface area contributed by atoms with E-state index in [2.05, 4.69) is 30.9 Å². The zero-order valence-electron chi connectivity index (χ0n) is 5.20. The smallest absolute Gasteiger partial charge is 0.142 e. The highest BCUT2D eigenvalue weighted by Crippen LogP contribution is 2.22. The first-order chi connectivity index (χ1) is 5.24. The van der Waals surface area contributed by atoms with E-state index in [-0.39, 0.29) is 5.69 Å². The third kappa shape index (κ3) is 1.89. The van der Waals surface area contributed by atoms with E-state index < -0.39 is 5.82 Å². The Hall–Kier alpha value is -1.13. The number of hydrogen-bond donors (Lipinski definition) is 0. The van der Waals surface area contributed by atoms with Crippen molar-refractivity contribution in [2.75, 3.05) is 0 Å². The Morgan fingerprint density at radius 3 is 3.09 bits per heavy atom. The maximum absolute atomic E-state index is 12.4. The number of nitrogens with zero attached hydrogens (tertiary/aromatic N) is 4. The van der Waals surface area contributed by atoms with Crippen LogP contribution in [0.1, 0.15) is 0 Å². The second-order valence-electron chi connectivity index (χ2n) is 1.65. The van der Waals surface area contributed by atoms with Crippen molar-refractivity contribution in [2.24, 2.45) is 5.11 Å². The molecule has 0 aliphatic carbocycles. The van der Waals surface area contributed by atoms with Crippen LogP contribution in [-0.4, -0.2) is 4.98 Å². The summed E-state index contributed by atoms with van der Waals surface area (Å²) in [7, 11) is 0. The molecule has 0 amide bonds. The van der Waals surface area contributed by atoms with Crippen molar-refractivity contribution >= 4 is 21.6 Å². The first kappa shape index (κ1) is 7.97. The second-order valence-corrected chi connectivity index (χ2v) is 2.40. The molecule has 0 bridgehead atoms. The van der Waals surface area contributed by atoms with Crippen molar-refractivity contribution in [3.8, 4) is 0 Å². The van der Waals surface area contributed by atoms with E-state index in [1.165, 1.54) is 0 Å². The van der Waals surface area contributed by atoms with Gasteiger partial charge in [-0.05, 0) is 27.5 Å². The predicted molar refractivity (Wildman–Crippen MR) is 40.7 cm³/mol. The predicted octanol–water partition coefficient (Wildman–Crippen LogP) is 2.92. The topological polar surface area (TPSA) is 61.7 Å². The van der Waals surface area contributed by atoms with E-state index in [0.717, 1.165) is 12.3 Å². The minimum absolute atomic E-state index is 0.146. The van der Waals surface area contributed by atoms with Gasteiger partial charge in [0.25, 0.3) is 0 Å². The number of pyridine rings is 1. The molecule has 0 saturated heterocycles. The molecule has 0 radical (unpaired) electrons. The van der Waals surface area contributed by atoms with Crippen LogP contribution in [0.25, 0.3) is 10.4 Å². The zero-order valence-corrected chi connectivity index (χ0v) is 6.79. The maximum atomic E-state index is 12.4. The molecule has 1 aromatic rings. The normalized spacial score (nSPS) is 8.91. The number of hydrogen-bond acceptors (Lipinski definition) is 2. The van der Waals surface area contributed by atoms with Crippen molar-refractivity contribution in [2.45, 2.75) is 0 Å². The van der Waals surface area contributed by atoms with E-state index in [4.69, 9.17) is 5.53 Å². The van der Waals surface area contributed by atoms with E-state index in [1.54, 1.807) is 0 Å². The number of azide groups is 1. The Labute approximate surface area is 69.8 Å². The van der Waals surface area contributed by atoms with Gasteiger partial charge in [0.1, 0.15) is 10.4 Å². The lowest BCUT2D eigenvalue weighted by atomic mass is 10.4. The minimum Gasteiger partial charge on any atom is -0.246 e. The molecule has 56 valence electrons. The van der Waals surface area contributed by atoms with Crippen LogP contribution in [0.4, 0.5) is 10.1 Å². The average molecular weight is 217 g/mol. The molecule has 0 aromatic carbocycles. The summed E-state index contributed by atoms with van der Waals surface area (Å²) in [6, 6.07) is 1.09. The summed E-state index contributed by atoms with van der Waals surface area (Å²) in [6.07, 6.45) is 1.03. The van der Waals surface area contributed by atoms with Crippen LogP contribution in [0.3, 0.4) is 0 Å². The average Bonchev–Trinajstić information content (AvgIpc) is 1.98. The molecule has 0 spiro atoms. The Bertz CT molecular complexity index is 320. The largest absolute Gasteiger partial charge is 0.246 e. The van der Waals surface area contributed by atoms with Gasteiger partial charge in [-0.1, -0.05) is 5.11 Å². The standard InChI is InChI=1S/C5H2BrFN4/c6-5-4(10-11-8)1-3(7)2-9-5/h1-2H. The van der Waals surface area contributed by atoms with Crippen molar-refractivity contribution in [3.05, 3.63) is 33.1 Å². The van der Waals surface area contributed by atoms with Crippen LogP contribution in [0, 0.1) is 5.82 Å². The van der Waals surface area contributed by atoms with Gasteiger partial charge in [-0.25, -0.2) is 9.37 Å². The van der Waals surface area contributed by atoms with E-state index in [1.807, 2.05) is 0 Å². The molecule has 11 heavy (non-hydrogen) atoms. The quantitative estimate of drug-likeness (QED) is 0.308. The Morgan fingerprint density at radius 1 is 1.73 bits per heavy atom. The van der Waals surface area contributed by atoms with E-state index in [9.17, 15) is 4.39 Å². The lowest BCUT2D eigenvalue weighted by Gasteiger charge is -1.93. The molecule has 1 aromatic heterocycles. The van der Waals surface area contributed by atoms with E-state index >= 15 is 0 Å².